The fraction of sp³-hybridized carbons (Fsp3) is 0.100. The molecule has 1 N–H and O–H groups in total. The largest absolute Gasteiger partial charge is 0.464 e. The lowest BCUT2D eigenvalue weighted by atomic mass is 10.2. The number of rotatable bonds is 1. The minimum atomic E-state index is -0.377. The number of carbonyl (C=O) groups excluding carboxylic acids is 1. The highest BCUT2D eigenvalue weighted by atomic mass is 127. The SMILES string of the molecule is COC(=O)c1cc2cc(Cl)c(I)cc2[nH]1. The number of benzene rings is 1. The predicted octanol–water partition coefficient (Wildman–Crippen LogP) is 3.21. The van der Waals surface area contributed by atoms with E-state index < -0.39 is 0 Å². The second-order valence-corrected chi connectivity index (χ2v) is 4.60. The maximum Gasteiger partial charge on any atom is 0.354 e. The average molecular weight is 336 g/mol. The second kappa shape index (κ2) is 4.02. The quantitative estimate of drug-likeness (QED) is 0.642. The van der Waals surface area contributed by atoms with Gasteiger partial charge in [-0.3, -0.25) is 0 Å². The molecule has 0 spiro atoms. The van der Waals surface area contributed by atoms with Gasteiger partial charge in [-0.1, -0.05) is 11.6 Å². The lowest BCUT2D eigenvalue weighted by molar-refractivity contribution is 0.0595. The third kappa shape index (κ3) is 1.96. The molecular formula is C10H7ClINO2. The standard InChI is InChI=1S/C10H7ClINO2/c1-15-10(14)9-3-5-2-6(11)7(12)4-8(5)13-9/h2-4,13H,1H3. The highest BCUT2D eigenvalue weighted by Gasteiger charge is 2.10. The number of aromatic nitrogens is 1. The van der Waals surface area contributed by atoms with Crippen molar-refractivity contribution < 1.29 is 9.53 Å². The van der Waals surface area contributed by atoms with E-state index in [2.05, 4.69) is 32.3 Å². The van der Waals surface area contributed by atoms with Gasteiger partial charge in [-0.05, 0) is 40.8 Å². The van der Waals surface area contributed by atoms with Gasteiger partial charge in [0.15, 0.2) is 0 Å². The molecule has 2 rings (SSSR count). The molecular weight excluding hydrogens is 328 g/mol. The van der Waals surface area contributed by atoms with Crippen LogP contribution in [0.15, 0.2) is 18.2 Å². The summed E-state index contributed by atoms with van der Waals surface area (Å²) in [7, 11) is 1.35. The van der Waals surface area contributed by atoms with Gasteiger partial charge in [-0.2, -0.15) is 0 Å². The molecule has 3 nitrogen and oxygen atoms in total. The fourth-order valence-electron chi connectivity index (χ4n) is 1.35. The molecule has 2 aromatic rings. The minimum absolute atomic E-state index is 0.377. The Bertz CT molecular complexity index is 496. The number of H-pyrrole nitrogens is 1. The van der Waals surface area contributed by atoms with Gasteiger partial charge in [0.2, 0.25) is 0 Å². The highest BCUT2D eigenvalue weighted by molar-refractivity contribution is 14.1. The van der Waals surface area contributed by atoms with Crippen molar-refractivity contribution in [1.82, 2.24) is 4.98 Å². The van der Waals surface area contributed by atoms with Crippen molar-refractivity contribution >= 4 is 51.1 Å². The van der Waals surface area contributed by atoms with E-state index in [1.807, 2.05) is 12.1 Å². The molecule has 0 radical (unpaired) electrons. The first-order chi connectivity index (χ1) is 7.11. The Labute approximate surface area is 105 Å². The number of methoxy groups -OCH3 is 1. The van der Waals surface area contributed by atoms with Crippen molar-refractivity contribution in [2.45, 2.75) is 0 Å². The van der Waals surface area contributed by atoms with Gasteiger partial charge < -0.3 is 9.72 Å². The van der Waals surface area contributed by atoms with E-state index in [-0.39, 0.29) is 5.97 Å². The molecule has 0 aliphatic rings. The van der Waals surface area contributed by atoms with E-state index in [0.29, 0.717) is 10.7 Å². The Morgan fingerprint density at radius 3 is 2.87 bits per heavy atom. The van der Waals surface area contributed by atoms with E-state index in [4.69, 9.17) is 11.6 Å². The van der Waals surface area contributed by atoms with Crippen LogP contribution in [0.5, 0.6) is 0 Å². The zero-order valence-electron chi connectivity index (χ0n) is 7.80. The van der Waals surface area contributed by atoms with Gasteiger partial charge in [0.25, 0.3) is 0 Å². The summed E-state index contributed by atoms with van der Waals surface area (Å²) in [5.74, 6) is -0.377. The van der Waals surface area contributed by atoms with Crippen molar-refractivity contribution in [3.63, 3.8) is 0 Å². The summed E-state index contributed by atoms with van der Waals surface area (Å²) < 4.78 is 5.57. The summed E-state index contributed by atoms with van der Waals surface area (Å²) in [6.45, 7) is 0. The second-order valence-electron chi connectivity index (χ2n) is 3.03. The summed E-state index contributed by atoms with van der Waals surface area (Å²) >= 11 is 8.11. The number of halogens is 2. The molecule has 1 heterocycles. The number of aromatic amines is 1. The monoisotopic (exact) mass is 335 g/mol. The molecule has 0 aliphatic carbocycles. The number of fused-ring (bicyclic) bond motifs is 1. The van der Waals surface area contributed by atoms with Crippen molar-refractivity contribution in [3.8, 4) is 0 Å². The van der Waals surface area contributed by atoms with E-state index in [9.17, 15) is 4.79 Å². The summed E-state index contributed by atoms with van der Waals surface area (Å²) in [6.07, 6.45) is 0. The zero-order chi connectivity index (χ0) is 11.0. The first-order valence-corrected chi connectivity index (χ1v) is 5.63. The molecule has 0 atom stereocenters. The Morgan fingerprint density at radius 2 is 2.20 bits per heavy atom. The van der Waals surface area contributed by atoms with Crippen molar-refractivity contribution in [3.05, 3.63) is 32.5 Å². The lowest BCUT2D eigenvalue weighted by Gasteiger charge is -1.95. The molecule has 0 bridgehead atoms. The minimum Gasteiger partial charge on any atom is -0.464 e. The van der Waals surface area contributed by atoms with Gasteiger partial charge in [0, 0.05) is 14.5 Å². The number of esters is 1. The lowest BCUT2D eigenvalue weighted by Crippen LogP contribution is -2.00. The molecule has 15 heavy (non-hydrogen) atoms. The number of ether oxygens (including phenoxy) is 1. The molecule has 1 aromatic heterocycles. The average Bonchev–Trinajstić information content (AvgIpc) is 2.60. The van der Waals surface area contributed by atoms with Crippen molar-refractivity contribution in [2.24, 2.45) is 0 Å². The molecule has 0 fully saturated rings. The third-order valence-corrected chi connectivity index (χ3v) is 3.59. The van der Waals surface area contributed by atoms with Crippen LogP contribution in [0.1, 0.15) is 10.5 Å². The molecule has 0 saturated heterocycles. The molecule has 0 saturated carbocycles. The smallest absolute Gasteiger partial charge is 0.354 e. The molecule has 5 heteroatoms. The van der Waals surface area contributed by atoms with Crippen LogP contribution >= 0.6 is 34.2 Å². The number of nitrogens with one attached hydrogen (secondary N) is 1. The molecule has 0 amide bonds. The first kappa shape index (κ1) is 10.8. The maximum atomic E-state index is 11.3. The maximum absolute atomic E-state index is 11.3. The van der Waals surface area contributed by atoms with Crippen LogP contribution < -0.4 is 0 Å². The summed E-state index contributed by atoms with van der Waals surface area (Å²) in [5, 5.41) is 1.58. The Kier molecular flexibility index (Phi) is 2.88. The van der Waals surface area contributed by atoms with E-state index in [1.165, 1.54) is 7.11 Å². The van der Waals surface area contributed by atoms with Crippen LogP contribution in [0.2, 0.25) is 5.02 Å². The van der Waals surface area contributed by atoms with Gasteiger partial charge >= 0.3 is 5.97 Å². The summed E-state index contributed by atoms with van der Waals surface area (Å²) in [6, 6.07) is 5.44. The number of hydrogen-bond donors (Lipinski definition) is 1. The third-order valence-electron chi connectivity index (χ3n) is 2.07. The fourth-order valence-corrected chi connectivity index (χ4v) is 1.99. The van der Waals surface area contributed by atoms with Crippen LogP contribution in [-0.4, -0.2) is 18.1 Å². The first-order valence-electron chi connectivity index (χ1n) is 4.18. The molecule has 0 aliphatic heterocycles. The Morgan fingerprint density at radius 1 is 1.47 bits per heavy atom. The van der Waals surface area contributed by atoms with Gasteiger partial charge in [-0.15, -0.1) is 0 Å². The topological polar surface area (TPSA) is 42.1 Å². The molecule has 0 unspecified atom stereocenters. The summed E-state index contributed by atoms with van der Waals surface area (Å²) in [5.41, 5.74) is 1.31. The van der Waals surface area contributed by atoms with Crippen LogP contribution in [0.3, 0.4) is 0 Å². The van der Waals surface area contributed by atoms with Crippen molar-refractivity contribution in [2.75, 3.05) is 7.11 Å². The Hall–Kier alpha value is -0.750. The van der Waals surface area contributed by atoms with Crippen LogP contribution in [0.4, 0.5) is 0 Å². The van der Waals surface area contributed by atoms with Gasteiger partial charge in [0.1, 0.15) is 5.69 Å². The van der Waals surface area contributed by atoms with Gasteiger partial charge in [-0.25, -0.2) is 4.79 Å². The van der Waals surface area contributed by atoms with Crippen LogP contribution in [-0.2, 0) is 4.74 Å². The van der Waals surface area contributed by atoms with E-state index >= 15 is 0 Å². The summed E-state index contributed by atoms with van der Waals surface area (Å²) in [4.78, 5) is 14.2. The van der Waals surface area contributed by atoms with Crippen molar-refractivity contribution in [1.29, 1.82) is 0 Å². The Balaban J connectivity index is 2.61. The van der Waals surface area contributed by atoms with Gasteiger partial charge in [0.05, 0.1) is 12.1 Å². The van der Waals surface area contributed by atoms with E-state index in [0.717, 1.165) is 14.5 Å². The predicted molar refractivity (Wildman–Crippen MR) is 67.4 cm³/mol. The number of carbonyl (C=O) groups is 1. The van der Waals surface area contributed by atoms with Crippen LogP contribution in [0, 0.1) is 3.57 Å². The van der Waals surface area contributed by atoms with E-state index in [1.54, 1.807) is 6.07 Å². The highest BCUT2D eigenvalue weighted by Crippen LogP contribution is 2.25. The molecule has 1 aromatic carbocycles. The number of hydrogen-bond acceptors (Lipinski definition) is 2. The molecule has 78 valence electrons. The van der Waals surface area contributed by atoms with Crippen LogP contribution in [0.25, 0.3) is 10.9 Å². The normalized spacial score (nSPS) is 10.6. The zero-order valence-corrected chi connectivity index (χ0v) is 10.7.